The molecule has 0 saturated carbocycles. The monoisotopic (exact) mass is 313 g/mol. The number of amides is 1. The van der Waals surface area contributed by atoms with Crippen LogP contribution in [0.15, 0.2) is 30.3 Å². The van der Waals surface area contributed by atoms with E-state index in [0.29, 0.717) is 19.7 Å². The van der Waals surface area contributed by atoms with E-state index < -0.39 is 0 Å². The van der Waals surface area contributed by atoms with E-state index in [1.54, 1.807) is 4.90 Å². The largest absolute Gasteiger partial charge is 0.445 e. The smallest absolute Gasteiger partial charge is 0.410 e. The Bertz CT molecular complexity index is 442. The van der Waals surface area contributed by atoms with E-state index in [0.717, 1.165) is 12.0 Å². The van der Waals surface area contributed by atoms with Gasteiger partial charge in [-0.05, 0) is 26.1 Å². The third-order valence-electron chi connectivity index (χ3n) is 3.76. The van der Waals surface area contributed by atoms with Crippen molar-refractivity contribution in [1.29, 1.82) is 0 Å². The number of ether oxygens (including phenoxy) is 1. The molecule has 1 aliphatic rings. The van der Waals surface area contributed by atoms with Gasteiger partial charge in [0.2, 0.25) is 0 Å². The molecule has 1 fully saturated rings. The van der Waals surface area contributed by atoms with Crippen LogP contribution in [-0.2, 0) is 11.3 Å². The SMILES string of the molecule is CN(C)C1CN(C(=O)OCc2ccccc2)CCC1N.Cl. The van der Waals surface area contributed by atoms with Gasteiger partial charge in [-0.25, -0.2) is 4.79 Å². The van der Waals surface area contributed by atoms with Gasteiger partial charge < -0.3 is 20.3 Å². The van der Waals surface area contributed by atoms with Gasteiger partial charge in [-0.1, -0.05) is 30.3 Å². The summed E-state index contributed by atoms with van der Waals surface area (Å²) in [5, 5.41) is 0. The Morgan fingerprint density at radius 1 is 1.38 bits per heavy atom. The topological polar surface area (TPSA) is 58.8 Å². The molecule has 5 nitrogen and oxygen atoms in total. The predicted octanol–water partition coefficient (Wildman–Crippen LogP) is 1.71. The lowest BCUT2D eigenvalue weighted by Crippen LogP contribution is -2.57. The first kappa shape index (κ1) is 17.8. The fraction of sp³-hybridized carbons (Fsp3) is 0.533. The number of hydrogen-bond acceptors (Lipinski definition) is 4. The molecule has 0 radical (unpaired) electrons. The van der Waals surface area contributed by atoms with E-state index in [1.165, 1.54) is 0 Å². The van der Waals surface area contributed by atoms with E-state index in [9.17, 15) is 4.79 Å². The molecule has 6 heteroatoms. The highest BCUT2D eigenvalue weighted by Crippen LogP contribution is 2.14. The highest BCUT2D eigenvalue weighted by Gasteiger charge is 2.31. The minimum Gasteiger partial charge on any atom is -0.445 e. The number of carbonyl (C=O) groups is 1. The molecule has 2 rings (SSSR count). The molecule has 2 unspecified atom stereocenters. The van der Waals surface area contributed by atoms with Crippen molar-refractivity contribution in [3.63, 3.8) is 0 Å². The highest BCUT2D eigenvalue weighted by atomic mass is 35.5. The van der Waals surface area contributed by atoms with Crippen LogP contribution < -0.4 is 5.73 Å². The molecule has 2 N–H and O–H groups in total. The molecule has 118 valence electrons. The normalized spacial score (nSPS) is 21.8. The Balaban J connectivity index is 0.00000220. The molecule has 0 aliphatic carbocycles. The maximum atomic E-state index is 12.1. The zero-order chi connectivity index (χ0) is 14.5. The van der Waals surface area contributed by atoms with Crippen LogP contribution in [-0.4, -0.2) is 55.2 Å². The summed E-state index contributed by atoms with van der Waals surface area (Å²) in [6, 6.07) is 10.0. The molecule has 1 saturated heterocycles. The standard InChI is InChI=1S/C15H23N3O2.ClH/c1-17(2)14-10-18(9-8-13(14)16)15(19)20-11-12-6-4-3-5-7-12;/h3-7,13-14H,8-11,16H2,1-2H3;1H. The molecule has 0 spiro atoms. The fourth-order valence-corrected chi connectivity index (χ4v) is 2.47. The highest BCUT2D eigenvalue weighted by molar-refractivity contribution is 5.85. The van der Waals surface area contributed by atoms with Crippen LogP contribution in [0.25, 0.3) is 0 Å². The molecule has 1 amide bonds. The number of carbonyl (C=O) groups excluding carboxylic acids is 1. The average Bonchev–Trinajstić information content (AvgIpc) is 2.46. The van der Waals surface area contributed by atoms with Crippen molar-refractivity contribution in [1.82, 2.24) is 9.80 Å². The Labute approximate surface area is 132 Å². The molecule has 1 aliphatic heterocycles. The Hall–Kier alpha value is -1.30. The van der Waals surface area contributed by atoms with Crippen molar-refractivity contribution in [2.45, 2.75) is 25.1 Å². The van der Waals surface area contributed by atoms with Crippen molar-refractivity contribution < 1.29 is 9.53 Å². The van der Waals surface area contributed by atoms with Crippen molar-refractivity contribution in [3.8, 4) is 0 Å². The molecule has 1 aromatic rings. The lowest BCUT2D eigenvalue weighted by molar-refractivity contribution is 0.0656. The molecule has 2 atom stereocenters. The molecule has 0 bridgehead atoms. The van der Waals surface area contributed by atoms with E-state index in [4.69, 9.17) is 10.5 Å². The molecular weight excluding hydrogens is 290 g/mol. The van der Waals surface area contributed by atoms with Gasteiger partial charge in [0.05, 0.1) is 0 Å². The van der Waals surface area contributed by atoms with Crippen molar-refractivity contribution in [2.24, 2.45) is 5.73 Å². The summed E-state index contributed by atoms with van der Waals surface area (Å²) in [6.45, 7) is 1.61. The van der Waals surface area contributed by atoms with Crippen LogP contribution in [0.4, 0.5) is 4.79 Å². The van der Waals surface area contributed by atoms with Crippen LogP contribution in [0.5, 0.6) is 0 Å². The maximum Gasteiger partial charge on any atom is 0.410 e. The number of hydrogen-bond donors (Lipinski definition) is 1. The van der Waals surface area contributed by atoms with E-state index in [-0.39, 0.29) is 30.6 Å². The van der Waals surface area contributed by atoms with Gasteiger partial charge >= 0.3 is 6.09 Å². The number of rotatable bonds is 3. The first-order chi connectivity index (χ1) is 9.58. The van der Waals surface area contributed by atoms with Crippen molar-refractivity contribution in [3.05, 3.63) is 35.9 Å². The van der Waals surface area contributed by atoms with Gasteiger partial charge in [0.25, 0.3) is 0 Å². The minimum atomic E-state index is -0.257. The van der Waals surface area contributed by atoms with E-state index in [1.807, 2.05) is 44.4 Å². The number of nitrogens with zero attached hydrogens (tertiary/aromatic N) is 2. The number of halogens is 1. The Kier molecular flexibility index (Phi) is 6.95. The summed E-state index contributed by atoms with van der Waals surface area (Å²) in [4.78, 5) is 15.9. The fourth-order valence-electron chi connectivity index (χ4n) is 2.47. The summed E-state index contributed by atoms with van der Waals surface area (Å²) in [5.41, 5.74) is 7.09. The number of benzene rings is 1. The van der Waals surface area contributed by atoms with Crippen LogP contribution in [0.2, 0.25) is 0 Å². The molecule has 21 heavy (non-hydrogen) atoms. The van der Waals surface area contributed by atoms with Crippen molar-refractivity contribution in [2.75, 3.05) is 27.2 Å². The van der Waals surface area contributed by atoms with Crippen LogP contribution in [0.1, 0.15) is 12.0 Å². The number of piperidine rings is 1. The van der Waals surface area contributed by atoms with Gasteiger partial charge in [0.1, 0.15) is 6.61 Å². The second-order valence-electron chi connectivity index (χ2n) is 5.47. The zero-order valence-corrected chi connectivity index (χ0v) is 13.4. The Morgan fingerprint density at radius 2 is 2.05 bits per heavy atom. The average molecular weight is 314 g/mol. The first-order valence-electron chi connectivity index (χ1n) is 6.95. The summed E-state index contributed by atoms with van der Waals surface area (Å²) in [7, 11) is 3.98. The van der Waals surface area contributed by atoms with E-state index in [2.05, 4.69) is 4.90 Å². The summed E-state index contributed by atoms with van der Waals surface area (Å²) in [5.74, 6) is 0. The van der Waals surface area contributed by atoms with Gasteiger partial charge in [-0.15, -0.1) is 12.4 Å². The maximum absolute atomic E-state index is 12.1. The number of nitrogens with two attached hydrogens (primary N) is 1. The summed E-state index contributed by atoms with van der Waals surface area (Å²) >= 11 is 0. The number of likely N-dealkylation sites (N-methyl/N-ethyl adjacent to an activating group) is 1. The van der Waals surface area contributed by atoms with E-state index >= 15 is 0 Å². The minimum absolute atomic E-state index is 0. The lowest BCUT2D eigenvalue weighted by Gasteiger charge is -2.39. The second-order valence-corrected chi connectivity index (χ2v) is 5.47. The van der Waals surface area contributed by atoms with Gasteiger partial charge in [-0.2, -0.15) is 0 Å². The third kappa shape index (κ3) is 4.88. The van der Waals surface area contributed by atoms with Crippen molar-refractivity contribution >= 4 is 18.5 Å². The lowest BCUT2D eigenvalue weighted by atomic mass is 10.00. The predicted molar refractivity (Wildman–Crippen MR) is 85.5 cm³/mol. The second kappa shape index (κ2) is 8.22. The Morgan fingerprint density at radius 3 is 2.67 bits per heavy atom. The van der Waals surface area contributed by atoms with Gasteiger partial charge in [0, 0.05) is 25.2 Å². The molecule has 1 aromatic carbocycles. The van der Waals surface area contributed by atoms with Gasteiger partial charge in [-0.3, -0.25) is 0 Å². The summed E-state index contributed by atoms with van der Waals surface area (Å²) in [6.07, 6.45) is 0.552. The van der Waals surface area contributed by atoms with Crippen LogP contribution >= 0.6 is 12.4 Å². The molecular formula is C15H24ClN3O2. The summed E-state index contributed by atoms with van der Waals surface area (Å²) < 4.78 is 5.36. The quantitative estimate of drug-likeness (QED) is 0.923. The third-order valence-corrected chi connectivity index (χ3v) is 3.76. The van der Waals surface area contributed by atoms with Crippen LogP contribution in [0, 0.1) is 0 Å². The molecule has 0 aromatic heterocycles. The molecule has 1 heterocycles. The van der Waals surface area contributed by atoms with Gasteiger partial charge in [0.15, 0.2) is 0 Å². The number of likely N-dealkylation sites (tertiary alicyclic amines) is 1. The first-order valence-corrected chi connectivity index (χ1v) is 6.95. The zero-order valence-electron chi connectivity index (χ0n) is 12.6. The van der Waals surface area contributed by atoms with Crippen LogP contribution in [0.3, 0.4) is 0 Å².